The van der Waals surface area contributed by atoms with Crippen molar-refractivity contribution in [3.8, 4) is 0 Å². The molecule has 0 aliphatic carbocycles. The first-order valence-corrected chi connectivity index (χ1v) is 2.51. The molecule has 0 aromatic rings. The quantitative estimate of drug-likeness (QED) is 0.398. The minimum absolute atomic E-state index is 0. The van der Waals surface area contributed by atoms with Crippen LogP contribution in [0.15, 0.2) is 0 Å². The van der Waals surface area contributed by atoms with Gasteiger partial charge in [-0.05, 0) is 20.8 Å². The number of carbonyl (C=O) groups is 1. The molecule has 0 spiro atoms. The highest BCUT2D eigenvalue weighted by molar-refractivity contribution is 5.52. The van der Waals surface area contributed by atoms with E-state index in [-0.39, 0.29) is 30.4 Å². The average Bonchev–Trinajstić information content (AvgIpc) is 1.21. The van der Waals surface area contributed by atoms with Crippen molar-refractivity contribution in [3.05, 3.63) is 0 Å². The second kappa shape index (κ2) is 5.77. The van der Waals surface area contributed by atoms with Crippen LogP contribution in [0.3, 0.4) is 0 Å². The van der Waals surface area contributed by atoms with Gasteiger partial charge in [0.1, 0.15) is 0 Å². The fourth-order valence-electron chi connectivity index (χ4n) is 0.370. The first-order chi connectivity index (χ1) is 3.42. The standard InChI is InChI=1S/C5H11NO2.2ClH/c1-5(2,3)6-4(7)8;;/h6H,1-3H3,(H,7,8);2*1H/p-1. The highest BCUT2D eigenvalue weighted by Gasteiger charge is 2.17. The van der Waals surface area contributed by atoms with Crippen molar-refractivity contribution in [2.45, 2.75) is 26.3 Å². The van der Waals surface area contributed by atoms with Crippen LogP contribution in [0.4, 0.5) is 4.79 Å². The van der Waals surface area contributed by atoms with Crippen LogP contribution in [0.5, 0.6) is 0 Å². The maximum absolute atomic E-state index is 9.96. The third-order valence-electron chi connectivity index (χ3n) is 0.556. The minimum Gasteiger partial charge on any atom is -1.00 e. The van der Waals surface area contributed by atoms with Gasteiger partial charge < -0.3 is 29.9 Å². The summed E-state index contributed by atoms with van der Waals surface area (Å²) in [5.74, 6) is 0. The van der Waals surface area contributed by atoms with Crippen LogP contribution in [0, 0.1) is 0 Å². The molecule has 0 bridgehead atoms. The summed E-state index contributed by atoms with van der Waals surface area (Å²) in [6, 6.07) is 0. The number of rotatable bonds is 0. The number of primary amides is 1. The summed E-state index contributed by atoms with van der Waals surface area (Å²) in [6.07, 6.45) is -0.850. The molecule has 0 aliphatic heterocycles. The Kier molecular flexibility index (Phi) is 9.54. The first-order valence-electron chi connectivity index (χ1n) is 2.51. The molecule has 64 valence electrons. The van der Waals surface area contributed by atoms with Gasteiger partial charge in [0.05, 0.1) is 5.54 Å². The lowest BCUT2D eigenvalue weighted by molar-refractivity contribution is -0.637. The predicted octanol–water partition coefficient (Wildman–Crippen LogP) is -5.97. The summed E-state index contributed by atoms with van der Waals surface area (Å²) < 4.78 is 0. The number of carboxylic acid groups (broad SMARTS) is 1. The van der Waals surface area contributed by atoms with E-state index in [9.17, 15) is 4.79 Å². The molecule has 0 aromatic heterocycles. The van der Waals surface area contributed by atoms with E-state index in [1.807, 2.05) is 20.8 Å². The molecule has 0 aromatic carbocycles. The van der Waals surface area contributed by atoms with Gasteiger partial charge in [-0.1, -0.05) is 0 Å². The van der Waals surface area contributed by atoms with Crippen LogP contribution in [0.1, 0.15) is 20.8 Å². The molecular formula is C5H12Cl2NO2-. The van der Waals surface area contributed by atoms with Crippen molar-refractivity contribution in [2.24, 2.45) is 0 Å². The summed E-state index contributed by atoms with van der Waals surface area (Å²) in [5, 5.41) is 9.46. The number of hydrogen-bond donors (Lipinski definition) is 2. The molecule has 0 fully saturated rings. The van der Waals surface area contributed by atoms with Crippen molar-refractivity contribution in [1.82, 2.24) is 0 Å². The van der Waals surface area contributed by atoms with Gasteiger partial charge in [-0.15, -0.1) is 0 Å². The smallest absolute Gasteiger partial charge is 0.510 e. The molecule has 0 radical (unpaired) electrons. The Morgan fingerprint density at radius 2 is 1.60 bits per heavy atom. The Morgan fingerprint density at radius 1 is 1.30 bits per heavy atom. The van der Waals surface area contributed by atoms with E-state index in [2.05, 4.69) is 0 Å². The fraction of sp³-hybridized carbons (Fsp3) is 0.800. The van der Waals surface area contributed by atoms with Gasteiger partial charge in [0.2, 0.25) is 0 Å². The van der Waals surface area contributed by atoms with E-state index < -0.39 is 6.09 Å². The monoisotopic (exact) mass is 188 g/mol. The zero-order valence-electron chi connectivity index (χ0n) is 6.19. The van der Waals surface area contributed by atoms with E-state index in [1.54, 1.807) is 0 Å². The van der Waals surface area contributed by atoms with Crippen LogP contribution in [0.2, 0.25) is 0 Å². The van der Waals surface area contributed by atoms with E-state index in [1.165, 1.54) is 5.32 Å². The highest BCUT2D eigenvalue weighted by Crippen LogP contribution is 1.87. The maximum atomic E-state index is 9.96. The van der Waals surface area contributed by atoms with E-state index in [0.29, 0.717) is 0 Å². The number of amides is 1. The van der Waals surface area contributed by atoms with Crippen LogP contribution in [0.25, 0.3) is 0 Å². The molecule has 0 atom stereocenters. The van der Waals surface area contributed by atoms with Gasteiger partial charge >= 0.3 is 6.09 Å². The molecule has 10 heavy (non-hydrogen) atoms. The van der Waals surface area contributed by atoms with Gasteiger partial charge in [-0.2, -0.15) is 4.79 Å². The second-order valence-corrected chi connectivity index (χ2v) is 2.85. The van der Waals surface area contributed by atoms with Crippen molar-refractivity contribution in [3.63, 3.8) is 0 Å². The molecule has 0 saturated heterocycles. The lowest BCUT2D eigenvalue weighted by Crippen LogP contribution is -3.00. The summed E-state index contributed by atoms with van der Waals surface area (Å²) in [4.78, 5) is 9.96. The Balaban J connectivity index is -0.000000245. The molecule has 3 nitrogen and oxygen atoms in total. The van der Waals surface area contributed by atoms with Crippen molar-refractivity contribution >= 4 is 6.09 Å². The van der Waals surface area contributed by atoms with Crippen molar-refractivity contribution in [2.75, 3.05) is 0 Å². The Hall–Kier alpha value is 0.01000. The number of nitrogens with two attached hydrogens (primary N) is 1. The van der Waals surface area contributed by atoms with E-state index in [4.69, 9.17) is 5.11 Å². The summed E-state index contributed by atoms with van der Waals surface area (Å²) in [6.45, 7) is 5.54. The van der Waals surface area contributed by atoms with Crippen LogP contribution in [-0.2, 0) is 0 Å². The van der Waals surface area contributed by atoms with Gasteiger partial charge in [0, 0.05) is 0 Å². The zero-order chi connectivity index (χ0) is 6.78. The van der Waals surface area contributed by atoms with Gasteiger partial charge in [-0.25, -0.2) is 5.32 Å². The van der Waals surface area contributed by atoms with Crippen LogP contribution in [-0.4, -0.2) is 16.7 Å². The van der Waals surface area contributed by atoms with Crippen LogP contribution >= 0.6 is 0 Å². The predicted molar refractivity (Wildman–Crippen MR) is 29.7 cm³/mol. The molecule has 0 heterocycles. The molecule has 0 saturated carbocycles. The third kappa shape index (κ3) is 15.7. The topological polar surface area (TPSA) is 53.9 Å². The number of halogens is 2. The molecule has 1 amide bonds. The van der Waals surface area contributed by atoms with Gasteiger partial charge in [0.25, 0.3) is 0 Å². The second-order valence-electron chi connectivity index (χ2n) is 2.85. The average molecular weight is 189 g/mol. The van der Waals surface area contributed by atoms with Crippen molar-refractivity contribution in [1.29, 1.82) is 0 Å². The Bertz CT molecular complexity index is 100. The lowest BCUT2D eigenvalue weighted by Gasteiger charge is -2.10. The summed E-state index contributed by atoms with van der Waals surface area (Å²) >= 11 is 0. The fourth-order valence-corrected chi connectivity index (χ4v) is 0.370. The maximum Gasteiger partial charge on any atom is 0.510 e. The first kappa shape index (κ1) is 16.5. The molecule has 0 aliphatic rings. The van der Waals surface area contributed by atoms with Crippen molar-refractivity contribution < 1.29 is 40.0 Å². The van der Waals surface area contributed by atoms with Gasteiger partial charge in [-0.3, -0.25) is 0 Å². The SMILES string of the molecule is CC(C)(C)[NH2+]C(=O)O.[Cl-].[Cl-]. The van der Waals surface area contributed by atoms with Crippen LogP contribution < -0.4 is 30.1 Å². The Labute approximate surface area is 73.0 Å². The molecule has 5 heteroatoms. The summed E-state index contributed by atoms with van der Waals surface area (Å²) in [7, 11) is 0. The normalized spacial score (nSPS) is 9.10. The Morgan fingerprint density at radius 3 is 1.60 bits per heavy atom. The summed E-state index contributed by atoms with van der Waals surface area (Å²) in [5.41, 5.74) is -0.203. The number of hydrogen-bond acceptors (Lipinski definition) is 1. The molecule has 0 unspecified atom stereocenters. The lowest BCUT2D eigenvalue weighted by atomic mass is 10.1. The number of quaternary nitrogens is 1. The molecular weight excluding hydrogens is 177 g/mol. The zero-order valence-corrected chi connectivity index (χ0v) is 7.70. The largest absolute Gasteiger partial charge is 1.00 e. The molecule has 0 rings (SSSR count). The van der Waals surface area contributed by atoms with Gasteiger partial charge in [0.15, 0.2) is 0 Å². The van der Waals surface area contributed by atoms with E-state index >= 15 is 0 Å². The highest BCUT2D eigenvalue weighted by atomic mass is 35.5. The van der Waals surface area contributed by atoms with E-state index in [0.717, 1.165) is 0 Å². The molecule has 3 N–H and O–H groups in total. The minimum atomic E-state index is -0.850. The third-order valence-corrected chi connectivity index (χ3v) is 0.556.